The number of piperazine rings is 1. The van der Waals surface area contributed by atoms with Gasteiger partial charge in [-0.25, -0.2) is 15.0 Å². The lowest BCUT2D eigenvalue weighted by Gasteiger charge is -2.33. The van der Waals surface area contributed by atoms with Gasteiger partial charge in [0.2, 0.25) is 0 Å². The quantitative estimate of drug-likeness (QED) is 0.556. The fourth-order valence-corrected chi connectivity index (χ4v) is 3.84. The first-order valence-electron chi connectivity index (χ1n) is 10.3. The number of benzene rings is 1. The predicted molar refractivity (Wildman–Crippen MR) is 120 cm³/mol. The number of nitrogens with one attached hydrogen (secondary N) is 1. The van der Waals surface area contributed by atoms with Crippen LogP contribution in [0.3, 0.4) is 0 Å². The average molecular weight is 400 g/mol. The molecule has 152 valence electrons. The van der Waals surface area contributed by atoms with Crippen molar-refractivity contribution in [3.8, 4) is 11.3 Å². The molecule has 4 heterocycles. The minimum Gasteiger partial charge on any atom is -0.366 e. The first-order valence-corrected chi connectivity index (χ1v) is 10.3. The topological polar surface area (TPSA) is 61.6 Å². The SMILES string of the molecule is CN1CCN(c2nccn3c(-c4ccnc(NCc5ccccc5)c4)cnc23)CC1. The maximum absolute atomic E-state index is 4.72. The second kappa shape index (κ2) is 8.12. The van der Waals surface area contributed by atoms with E-state index in [9.17, 15) is 0 Å². The van der Waals surface area contributed by atoms with Gasteiger partial charge in [-0.05, 0) is 24.7 Å². The van der Waals surface area contributed by atoms with Gasteiger partial charge in [-0.3, -0.25) is 4.40 Å². The monoisotopic (exact) mass is 399 g/mol. The third-order valence-electron chi connectivity index (χ3n) is 5.58. The molecule has 0 unspecified atom stereocenters. The van der Waals surface area contributed by atoms with Crippen molar-refractivity contribution in [2.24, 2.45) is 0 Å². The van der Waals surface area contributed by atoms with Crippen LogP contribution in [0, 0.1) is 0 Å². The molecule has 0 amide bonds. The number of fused-ring (bicyclic) bond motifs is 1. The summed E-state index contributed by atoms with van der Waals surface area (Å²) < 4.78 is 2.12. The van der Waals surface area contributed by atoms with Gasteiger partial charge in [0.25, 0.3) is 0 Å². The molecule has 0 spiro atoms. The molecule has 1 saturated heterocycles. The lowest BCUT2D eigenvalue weighted by Crippen LogP contribution is -2.45. The third kappa shape index (κ3) is 3.71. The van der Waals surface area contributed by atoms with Crippen LogP contribution in [0.2, 0.25) is 0 Å². The molecule has 0 bridgehead atoms. The van der Waals surface area contributed by atoms with Crippen molar-refractivity contribution in [1.82, 2.24) is 24.3 Å². The highest BCUT2D eigenvalue weighted by Crippen LogP contribution is 2.26. The molecule has 0 atom stereocenters. The van der Waals surface area contributed by atoms with Gasteiger partial charge < -0.3 is 15.1 Å². The molecule has 4 aromatic rings. The van der Waals surface area contributed by atoms with Gasteiger partial charge in [-0.2, -0.15) is 0 Å². The summed E-state index contributed by atoms with van der Waals surface area (Å²) in [7, 11) is 2.16. The van der Waals surface area contributed by atoms with E-state index in [1.165, 1.54) is 5.56 Å². The highest BCUT2D eigenvalue weighted by Gasteiger charge is 2.19. The average Bonchev–Trinajstić information content (AvgIpc) is 3.24. The fourth-order valence-electron chi connectivity index (χ4n) is 3.84. The third-order valence-corrected chi connectivity index (χ3v) is 5.58. The second-order valence-corrected chi connectivity index (χ2v) is 7.65. The number of hydrogen-bond acceptors (Lipinski definition) is 6. The zero-order valence-electron chi connectivity index (χ0n) is 17.1. The molecule has 1 aliphatic rings. The number of nitrogens with zero attached hydrogens (tertiary/aromatic N) is 6. The van der Waals surface area contributed by atoms with E-state index in [-0.39, 0.29) is 0 Å². The van der Waals surface area contributed by atoms with Crippen molar-refractivity contribution in [2.75, 3.05) is 43.4 Å². The molecule has 0 saturated carbocycles. The van der Waals surface area contributed by atoms with Crippen LogP contribution in [0.25, 0.3) is 16.9 Å². The minimum absolute atomic E-state index is 0.738. The van der Waals surface area contributed by atoms with Crippen molar-refractivity contribution in [1.29, 1.82) is 0 Å². The van der Waals surface area contributed by atoms with Crippen LogP contribution in [0.5, 0.6) is 0 Å². The van der Waals surface area contributed by atoms with Gasteiger partial charge in [-0.1, -0.05) is 30.3 Å². The summed E-state index contributed by atoms with van der Waals surface area (Å²) in [5, 5.41) is 3.41. The van der Waals surface area contributed by atoms with Crippen LogP contribution in [0.15, 0.2) is 67.3 Å². The first-order chi connectivity index (χ1) is 14.8. The second-order valence-electron chi connectivity index (χ2n) is 7.65. The number of likely N-dealkylation sites (N-methyl/N-ethyl adjacent to an activating group) is 1. The summed E-state index contributed by atoms with van der Waals surface area (Å²) in [5.41, 5.74) is 4.23. The number of aromatic nitrogens is 4. The van der Waals surface area contributed by atoms with Gasteiger partial charge in [0, 0.05) is 56.9 Å². The van der Waals surface area contributed by atoms with Gasteiger partial charge in [0.1, 0.15) is 5.82 Å². The highest BCUT2D eigenvalue weighted by molar-refractivity contribution is 5.72. The molecule has 7 nitrogen and oxygen atoms in total. The van der Waals surface area contributed by atoms with E-state index in [0.29, 0.717) is 0 Å². The van der Waals surface area contributed by atoms with Crippen LogP contribution in [-0.2, 0) is 6.54 Å². The number of rotatable bonds is 5. The van der Waals surface area contributed by atoms with E-state index in [1.807, 2.05) is 49.1 Å². The summed E-state index contributed by atoms with van der Waals surface area (Å²) in [5.74, 6) is 1.80. The number of imidazole rings is 1. The Morgan fingerprint density at radius 1 is 0.933 bits per heavy atom. The summed E-state index contributed by atoms with van der Waals surface area (Å²) in [4.78, 5) is 18.5. The van der Waals surface area contributed by atoms with Crippen molar-refractivity contribution in [3.63, 3.8) is 0 Å². The minimum atomic E-state index is 0.738. The van der Waals surface area contributed by atoms with Crippen molar-refractivity contribution in [3.05, 3.63) is 72.8 Å². The summed E-state index contributed by atoms with van der Waals surface area (Å²) in [6.45, 7) is 4.75. The van der Waals surface area contributed by atoms with Crippen LogP contribution < -0.4 is 10.2 Å². The largest absolute Gasteiger partial charge is 0.366 e. The lowest BCUT2D eigenvalue weighted by atomic mass is 10.2. The normalized spacial score (nSPS) is 14.9. The van der Waals surface area contributed by atoms with Crippen LogP contribution in [0.1, 0.15) is 5.56 Å². The molecule has 1 N–H and O–H groups in total. The lowest BCUT2D eigenvalue weighted by molar-refractivity contribution is 0.312. The number of pyridine rings is 1. The Hall–Kier alpha value is -3.45. The van der Waals surface area contributed by atoms with Gasteiger partial charge in [0.15, 0.2) is 11.5 Å². The summed E-state index contributed by atoms with van der Waals surface area (Å²) in [6, 6.07) is 14.4. The summed E-state index contributed by atoms with van der Waals surface area (Å²) in [6.07, 6.45) is 7.61. The Bertz CT molecular complexity index is 1130. The first kappa shape index (κ1) is 18.6. The van der Waals surface area contributed by atoms with E-state index in [2.05, 4.69) is 54.7 Å². The number of anilines is 2. The van der Waals surface area contributed by atoms with E-state index < -0.39 is 0 Å². The van der Waals surface area contributed by atoms with Crippen molar-refractivity contribution in [2.45, 2.75) is 6.54 Å². The maximum atomic E-state index is 4.72. The van der Waals surface area contributed by atoms with E-state index in [4.69, 9.17) is 4.98 Å². The molecule has 0 aliphatic carbocycles. The van der Waals surface area contributed by atoms with E-state index >= 15 is 0 Å². The van der Waals surface area contributed by atoms with Crippen LogP contribution in [0.4, 0.5) is 11.6 Å². The Morgan fingerprint density at radius 2 is 1.77 bits per heavy atom. The zero-order valence-corrected chi connectivity index (χ0v) is 17.1. The van der Waals surface area contributed by atoms with Gasteiger partial charge in [-0.15, -0.1) is 0 Å². The Kier molecular flexibility index (Phi) is 5.03. The molecule has 5 rings (SSSR count). The molecule has 3 aromatic heterocycles. The molecule has 1 fully saturated rings. The summed E-state index contributed by atoms with van der Waals surface area (Å²) >= 11 is 0. The number of hydrogen-bond donors (Lipinski definition) is 1. The van der Waals surface area contributed by atoms with Crippen LogP contribution >= 0.6 is 0 Å². The fraction of sp³-hybridized carbons (Fsp3) is 0.261. The Balaban J connectivity index is 1.42. The standard InChI is InChI=1S/C23H25N7/c1-28-11-13-29(14-12-28)22-23-27-17-20(30(23)10-9-25-22)19-7-8-24-21(15-19)26-16-18-5-3-2-4-6-18/h2-10,15,17H,11-14,16H2,1H3,(H,24,26). The zero-order chi connectivity index (χ0) is 20.3. The van der Waals surface area contributed by atoms with E-state index in [0.717, 1.165) is 61.3 Å². The van der Waals surface area contributed by atoms with Gasteiger partial charge >= 0.3 is 0 Å². The van der Waals surface area contributed by atoms with Crippen molar-refractivity contribution < 1.29 is 0 Å². The Labute approximate surface area is 176 Å². The maximum Gasteiger partial charge on any atom is 0.180 e. The molecule has 7 heteroatoms. The van der Waals surface area contributed by atoms with E-state index in [1.54, 1.807) is 0 Å². The van der Waals surface area contributed by atoms with Gasteiger partial charge in [0.05, 0.1) is 11.9 Å². The highest BCUT2D eigenvalue weighted by atomic mass is 15.3. The molecular formula is C23H25N7. The molecule has 1 aliphatic heterocycles. The molecular weight excluding hydrogens is 374 g/mol. The smallest absolute Gasteiger partial charge is 0.180 e. The molecule has 1 aromatic carbocycles. The predicted octanol–water partition coefficient (Wildman–Crippen LogP) is 3.16. The van der Waals surface area contributed by atoms with Crippen LogP contribution in [-0.4, -0.2) is 57.5 Å². The molecule has 0 radical (unpaired) electrons. The molecule has 30 heavy (non-hydrogen) atoms. The van der Waals surface area contributed by atoms with Crippen molar-refractivity contribution >= 4 is 17.3 Å². The Morgan fingerprint density at radius 3 is 2.60 bits per heavy atom.